The number of halogens is 4. The fourth-order valence-corrected chi connectivity index (χ4v) is 5.89. The number of nitrogens with zero attached hydrogens (tertiary/aromatic N) is 1. The van der Waals surface area contributed by atoms with Crippen molar-refractivity contribution in [1.29, 1.82) is 5.26 Å². The number of ether oxygens (including phenoxy) is 2. The molecule has 3 atom stereocenters. The summed E-state index contributed by atoms with van der Waals surface area (Å²) >= 11 is 0. The number of benzene rings is 2. The molecule has 38 heavy (non-hydrogen) atoms. The van der Waals surface area contributed by atoms with Gasteiger partial charge in [-0.15, -0.1) is 0 Å². The number of alkyl halides is 3. The van der Waals surface area contributed by atoms with Gasteiger partial charge in [-0.1, -0.05) is 12.1 Å². The molecule has 1 fully saturated rings. The molecule has 2 aromatic carbocycles. The predicted octanol–water partition coefficient (Wildman–Crippen LogP) is 5.79. The minimum absolute atomic E-state index is 0.00748. The first kappa shape index (κ1) is 27.1. The van der Waals surface area contributed by atoms with Crippen molar-refractivity contribution in [3.63, 3.8) is 0 Å². The van der Waals surface area contributed by atoms with Crippen LogP contribution in [0.2, 0.25) is 0 Å². The molecule has 2 aromatic rings. The molecule has 1 heterocycles. The van der Waals surface area contributed by atoms with Gasteiger partial charge in [0.15, 0.2) is 0 Å². The highest BCUT2D eigenvalue weighted by Gasteiger charge is 2.57. The highest BCUT2D eigenvalue weighted by molar-refractivity contribution is 6.62. The van der Waals surface area contributed by atoms with Crippen molar-refractivity contribution >= 4 is 12.6 Å². The summed E-state index contributed by atoms with van der Waals surface area (Å²) < 4.78 is 83.2. The predicted molar refractivity (Wildman–Crippen MR) is 133 cm³/mol. The normalized spacial score (nSPS) is 26.6. The molecule has 0 saturated carbocycles. The molecule has 10 heteroatoms. The van der Waals surface area contributed by atoms with E-state index in [1.807, 2.05) is 33.8 Å². The molecule has 0 bridgehead atoms. The van der Waals surface area contributed by atoms with Crippen LogP contribution in [0.3, 0.4) is 0 Å². The third-order valence-electron chi connectivity index (χ3n) is 8.41. The van der Waals surface area contributed by atoms with E-state index in [0.29, 0.717) is 22.2 Å². The van der Waals surface area contributed by atoms with E-state index in [1.165, 1.54) is 7.11 Å². The molecule has 0 unspecified atom stereocenters. The molecular weight excluding hydrogens is 501 g/mol. The lowest BCUT2D eigenvalue weighted by atomic mass is 9.70. The summed E-state index contributed by atoms with van der Waals surface area (Å²) in [5.74, 6) is -4.54. The van der Waals surface area contributed by atoms with Crippen molar-refractivity contribution in [3.8, 4) is 6.07 Å². The average molecular weight is 531 g/mol. The number of nitriles is 1. The molecule has 202 valence electrons. The Morgan fingerprint density at radius 1 is 1.05 bits per heavy atom. The van der Waals surface area contributed by atoms with Gasteiger partial charge in [0.05, 0.1) is 22.8 Å². The zero-order chi connectivity index (χ0) is 27.6. The Hall–Kier alpha value is -2.45. The van der Waals surface area contributed by atoms with Crippen LogP contribution in [-0.2, 0) is 25.2 Å². The first-order valence-corrected chi connectivity index (χ1v) is 12.7. The maximum absolute atomic E-state index is 15.6. The molecule has 0 aromatic heterocycles. The van der Waals surface area contributed by atoms with Gasteiger partial charge in [0.25, 0.3) is 5.92 Å². The van der Waals surface area contributed by atoms with Crippen molar-refractivity contribution < 1.29 is 36.3 Å². The second kappa shape index (κ2) is 9.34. The number of hydrogen-bond donors (Lipinski definition) is 0. The molecule has 1 saturated heterocycles. The molecule has 2 aliphatic carbocycles. The minimum atomic E-state index is -3.27. The van der Waals surface area contributed by atoms with Crippen molar-refractivity contribution in [3.05, 3.63) is 63.5 Å². The Labute approximate surface area is 220 Å². The Kier molecular flexibility index (Phi) is 6.67. The lowest BCUT2D eigenvalue weighted by Gasteiger charge is -2.32. The Bertz CT molecular complexity index is 1290. The number of rotatable bonds is 5. The molecule has 0 spiro atoms. The molecule has 1 aliphatic heterocycles. The van der Waals surface area contributed by atoms with Gasteiger partial charge in [-0.05, 0) is 85.9 Å². The second-order valence-corrected chi connectivity index (χ2v) is 11.3. The molecule has 0 N–H and O–H groups in total. The number of hydrogen-bond acceptors (Lipinski definition) is 5. The van der Waals surface area contributed by atoms with Crippen LogP contribution in [0, 0.1) is 17.1 Å². The third kappa shape index (κ3) is 4.24. The van der Waals surface area contributed by atoms with E-state index >= 15 is 8.78 Å². The molecular formula is C28H30BF4NO4. The summed E-state index contributed by atoms with van der Waals surface area (Å²) in [5.41, 5.74) is 0.640. The Balaban J connectivity index is 1.70. The average Bonchev–Trinajstić information content (AvgIpc) is 3.23. The lowest BCUT2D eigenvalue weighted by Crippen LogP contribution is -2.41. The van der Waals surface area contributed by atoms with E-state index in [9.17, 15) is 14.0 Å². The van der Waals surface area contributed by atoms with Crippen LogP contribution in [0.4, 0.5) is 17.6 Å². The third-order valence-corrected chi connectivity index (χ3v) is 8.41. The van der Waals surface area contributed by atoms with E-state index in [1.54, 1.807) is 12.1 Å². The van der Waals surface area contributed by atoms with Crippen LogP contribution >= 0.6 is 0 Å². The highest BCUT2D eigenvalue weighted by Crippen LogP contribution is 2.52. The SMILES string of the molecule is COCO[C@H]1c2c(B3OC(C)(C)C(C)(C)O3)ccc([C@H]3CC[C@H](F)c4cc(F)cc(C#N)c43)c2CC1(F)F. The van der Waals surface area contributed by atoms with Crippen molar-refractivity contribution in [2.45, 2.75) is 82.3 Å². The maximum atomic E-state index is 15.6. The van der Waals surface area contributed by atoms with Crippen molar-refractivity contribution in [1.82, 2.24) is 0 Å². The number of methoxy groups -OCH3 is 1. The molecule has 3 aliphatic rings. The summed E-state index contributed by atoms with van der Waals surface area (Å²) in [7, 11) is 0.442. The summed E-state index contributed by atoms with van der Waals surface area (Å²) in [4.78, 5) is 0. The van der Waals surface area contributed by atoms with Gasteiger partial charge in [0.2, 0.25) is 0 Å². The lowest BCUT2D eigenvalue weighted by molar-refractivity contribution is -0.169. The van der Waals surface area contributed by atoms with Crippen molar-refractivity contribution in [2.24, 2.45) is 0 Å². The topological polar surface area (TPSA) is 60.7 Å². The maximum Gasteiger partial charge on any atom is 0.495 e. The van der Waals surface area contributed by atoms with Crippen LogP contribution in [0.15, 0.2) is 24.3 Å². The summed E-state index contributed by atoms with van der Waals surface area (Å²) in [5, 5.41) is 9.74. The minimum Gasteiger partial charge on any atom is -0.399 e. The van der Waals surface area contributed by atoms with E-state index in [-0.39, 0.29) is 36.3 Å². The first-order chi connectivity index (χ1) is 17.8. The van der Waals surface area contributed by atoms with Gasteiger partial charge < -0.3 is 18.8 Å². The van der Waals surface area contributed by atoms with Crippen LogP contribution in [0.25, 0.3) is 0 Å². The van der Waals surface area contributed by atoms with E-state index in [2.05, 4.69) is 0 Å². The largest absolute Gasteiger partial charge is 0.495 e. The van der Waals surface area contributed by atoms with Crippen LogP contribution in [0.1, 0.15) is 92.1 Å². The Morgan fingerprint density at radius 2 is 1.74 bits per heavy atom. The van der Waals surface area contributed by atoms with E-state index in [0.717, 1.165) is 12.1 Å². The number of fused-ring (bicyclic) bond motifs is 2. The summed E-state index contributed by atoms with van der Waals surface area (Å²) in [6, 6.07) is 7.57. The van der Waals surface area contributed by atoms with Crippen molar-refractivity contribution in [2.75, 3.05) is 13.9 Å². The van der Waals surface area contributed by atoms with Gasteiger partial charge in [-0.2, -0.15) is 5.26 Å². The summed E-state index contributed by atoms with van der Waals surface area (Å²) in [6.45, 7) is 7.17. The van der Waals surface area contributed by atoms with Gasteiger partial charge in [-0.25, -0.2) is 17.6 Å². The molecule has 5 rings (SSSR count). The monoisotopic (exact) mass is 531 g/mol. The smallest absolute Gasteiger partial charge is 0.399 e. The van der Waals surface area contributed by atoms with Gasteiger partial charge >= 0.3 is 7.12 Å². The van der Waals surface area contributed by atoms with Crippen LogP contribution < -0.4 is 5.46 Å². The zero-order valence-corrected chi connectivity index (χ0v) is 22.0. The molecule has 5 nitrogen and oxygen atoms in total. The van der Waals surface area contributed by atoms with Gasteiger partial charge in [-0.3, -0.25) is 0 Å². The van der Waals surface area contributed by atoms with E-state index < -0.39 is 54.7 Å². The van der Waals surface area contributed by atoms with E-state index in [4.69, 9.17) is 18.8 Å². The molecule has 0 radical (unpaired) electrons. The highest BCUT2D eigenvalue weighted by atomic mass is 19.3. The quantitative estimate of drug-likeness (QED) is 0.278. The fourth-order valence-electron chi connectivity index (χ4n) is 5.89. The zero-order valence-electron chi connectivity index (χ0n) is 22.0. The standard InChI is InChI=1S/C28H30BF4NO4/c1-26(2)27(3,4)38-29(37-26)21-8-6-17(20-12-28(32,33)25(24(20)21)36-14-35-5)18-7-9-22(31)19-11-16(30)10-15(13-34)23(18)19/h6,8,10-11,18,22,25H,7,9,12,14H2,1-5H3/t18-,22+,25+/m1/s1. The first-order valence-electron chi connectivity index (χ1n) is 12.7. The van der Waals surface area contributed by atoms with Gasteiger partial charge in [0, 0.05) is 19.4 Å². The fraction of sp³-hybridized carbons (Fsp3) is 0.536. The van der Waals surface area contributed by atoms with Gasteiger partial charge in [0.1, 0.15) is 24.9 Å². The van der Waals surface area contributed by atoms with Crippen LogP contribution in [0.5, 0.6) is 0 Å². The second-order valence-electron chi connectivity index (χ2n) is 11.3. The van der Waals surface area contributed by atoms with Crippen LogP contribution in [-0.4, -0.2) is 38.1 Å². The summed E-state index contributed by atoms with van der Waals surface area (Å²) in [6.07, 6.45) is -3.31. The molecule has 0 amide bonds. The Morgan fingerprint density at radius 3 is 2.37 bits per heavy atom.